The third-order valence-electron chi connectivity index (χ3n) is 2.08. The Morgan fingerprint density at radius 2 is 2.17 bits per heavy atom. The number of hydrogen-bond donors (Lipinski definition) is 1. The van der Waals surface area contributed by atoms with Gasteiger partial charge >= 0.3 is 5.69 Å². The molecule has 1 heterocycles. The van der Waals surface area contributed by atoms with Crippen molar-refractivity contribution in [3.8, 4) is 0 Å². The van der Waals surface area contributed by atoms with Crippen LogP contribution in [0, 0.1) is 5.82 Å². The monoisotopic (exact) mass is 278 g/mol. The van der Waals surface area contributed by atoms with Crippen molar-refractivity contribution in [3.05, 3.63) is 32.9 Å². The molecule has 0 aliphatic rings. The molecule has 8 heteroatoms. The molecule has 0 amide bonds. The first-order valence-electron chi connectivity index (χ1n) is 5.46. The maximum Gasteiger partial charge on any atom is 0.330 e. The molecule has 1 unspecified atom stereocenters. The third kappa shape index (κ3) is 4.53. The van der Waals surface area contributed by atoms with Crippen molar-refractivity contribution in [1.29, 1.82) is 0 Å². The second-order valence-corrected chi connectivity index (χ2v) is 5.29. The van der Waals surface area contributed by atoms with Crippen molar-refractivity contribution in [2.75, 3.05) is 18.1 Å². The van der Waals surface area contributed by atoms with Crippen LogP contribution >= 0.6 is 0 Å². The van der Waals surface area contributed by atoms with Gasteiger partial charge in [0, 0.05) is 22.3 Å². The van der Waals surface area contributed by atoms with Crippen molar-refractivity contribution < 1.29 is 13.3 Å². The van der Waals surface area contributed by atoms with Crippen molar-refractivity contribution in [2.45, 2.75) is 20.1 Å². The van der Waals surface area contributed by atoms with Gasteiger partial charge in [-0.1, -0.05) is 6.92 Å². The van der Waals surface area contributed by atoms with E-state index in [1.165, 1.54) is 0 Å². The van der Waals surface area contributed by atoms with Crippen molar-refractivity contribution in [2.24, 2.45) is 0 Å². The van der Waals surface area contributed by atoms with Gasteiger partial charge in [-0.2, -0.15) is 4.39 Å². The molecule has 1 N–H and O–H groups in total. The number of halogens is 1. The summed E-state index contributed by atoms with van der Waals surface area (Å²) < 4.78 is 30.2. The molecule has 102 valence electrons. The van der Waals surface area contributed by atoms with E-state index in [0.29, 0.717) is 11.5 Å². The number of rotatable bonds is 7. The van der Waals surface area contributed by atoms with Gasteiger partial charge in [-0.3, -0.25) is 18.6 Å². The molecule has 0 bridgehead atoms. The summed E-state index contributed by atoms with van der Waals surface area (Å²) in [6.07, 6.45) is 1.61. The van der Waals surface area contributed by atoms with E-state index in [4.69, 9.17) is 4.74 Å². The molecule has 1 rings (SSSR count). The summed E-state index contributed by atoms with van der Waals surface area (Å²) in [5, 5.41) is 0. The van der Waals surface area contributed by atoms with Gasteiger partial charge in [0.2, 0.25) is 5.82 Å². The highest BCUT2D eigenvalue weighted by Gasteiger charge is 2.04. The van der Waals surface area contributed by atoms with E-state index < -0.39 is 27.9 Å². The van der Waals surface area contributed by atoms with E-state index in [2.05, 4.69) is 0 Å². The lowest BCUT2D eigenvalue weighted by Gasteiger charge is -2.06. The Bertz CT molecular complexity index is 525. The Morgan fingerprint density at radius 1 is 1.44 bits per heavy atom. The van der Waals surface area contributed by atoms with E-state index >= 15 is 0 Å². The molecule has 0 aromatic carbocycles. The first-order chi connectivity index (χ1) is 8.54. The molecule has 6 nitrogen and oxygen atoms in total. The first kappa shape index (κ1) is 14.8. The molecule has 0 saturated heterocycles. The van der Waals surface area contributed by atoms with Crippen LogP contribution in [-0.2, 0) is 22.3 Å². The smallest absolute Gasteiger partial charge is 0.330 e. The zero-order valence-corrected chi connectivity index (χ0v) is 10.8. The van der Waals surface area contributed by atoms with Crippen LogP contribution in [0.15, 0.2) is 15.8 Å². The second-order valence-electron chi connectivity index (χ2n) is 3.59. The van der Waals surface area contributed by atoms with Crippen LogP contribution in [0.5, 0.6) is 0 Å². The van der Waals surface area contributed by atoms with Crippen LogP contribution in [0.4, 0.5) is 4.39 Å². The predicted octanol–water partition coefficient (Wildman–Crippen LogP) is -0.191. The number of nitrogens with zero attached hydrogens (tertiary/aromatic N) is 1. The van der Waals surface area contributed by atoms with E-state index in [1.807, 2.05) is 11.9 Å². The zero-order valence-electron chi connectivity index (χ0n) is 9.98. The van der Waals surface area contributed by atoms with Crippen LogP contribution in [-0.4, -0.2) is 31.9 Å². The van der Waals surface area contributed by atoms with Crippen LogP contribution in [0.3, 0.4) is 0 Å². The Kier molecular flexibility index (Phi) is 5.93. The number of aromatic nitrogens is 2. The molecule has 1 atom stereocenters. The van der Waals surface area contributed by atoms with E-state index in [1.54, 1.807) is 0 Å². The van der Waals surface area contributed by atoms with Gasteiger partial charge in [-0.25, -0.2) is 4.79 Å². The largest absolute Gasteiger partial charge is 0.360 e. The summed E-state index contributed by atoms with van der Waals surface area (Å²) in [5.41, 5.74) is -1.80. The molecule has 0 aliphatic carbocycles. The summed E-state index contributed by atoms with van der Waals surface area (Å²) in [6.45, 7) is 1.96. The lowest BCUT2D eigenvalue weighted by atomic mass is 10.6. The minimum absolute atomic E-state index is 0.185. The topological polar surface area (TPSA) is 81.2 Å². The molecule has 0 saturated carbocycles. The van der Waals surface area contributed by atoms with Crippen molar-refractivity contribution >= 4 is 10.8 Å². The van der Waals surface area contributed by atoms with Crippen LogP contribution in [0.1, 0.15) is 13.3 Å². The Hall–Kier alpha value is -1.28. The fourth-order valence-electron chi connectivity index (χ4n) is 1.22. The van der Waals surface area contributed by atoms with Crippen molar-refractivity contribution in [1.82, 2.24) is 9.55 Å². The van der Waals surface area contributed by atoms with Gasteiger partial charge in [0.15, 0.2) is 0 Å². The molecule has 1 aromatic heterocycles. The molecular weight excluding hydrogens is 263 g/mol. The quantitative estimate of drug-likeness (QED) is 0.701. The van der Waals surface area contributed by atoms with Gasteiger partial charge in [0.1, 0.15) is 6.73 Å². The summed E-state index contributed by atoms with van der Waals surface area (Å²) in [7, 11) is -0.936. The summed E-state index contributed by atoms with van der Waals surface area (Å²) >= 11 is 0. The van der Waals surface area contributed by atoms with E-state index in [-0.39, 0.29) is 13.3 Å². The Morgan fingerprint density at radius 3 is 2.83 bits per heavy atom. The minimum atomic E-state index is -1.06. The molecule has 0 fully saturated rings. The van der Waals surface area contributed by atoms with Crippen LogP contribution in [0.2, 0.25) is 0 Å². The highest BCUT2D eigenvalue weighted by Crippen LogP contribution is 1.90. The third-order valence-corrected chi connectivity index (χ3v) is 3.57. The van der Waals surface area contributed by atoms with Crippen LogP contribution in [0.25, 0.3) is 0 Å². The molecule has 0 spiro atoms. The highest BCUT2D eigenvalue weighted by atomic mass is 32.2. The van der Waals surface area contributed by atoms with Crippen molar-refractivity contribution in [3.63, 3.8) is 0 Å². The van der Waals surface area contributed by atoms with Gasteiger partial charge < -0.3 is 4.74 Å². The summed E-state index contributed by atoms with van der Waals surface area (Å²) in [6, 6.07) is 0. The first-order valence-corrected chi connectivity index (χ1v) is 6.95. The lowest BCUT2D eigenvalue weighted by molar-refractivity contribution is 0.0850. The second kappa shape index (κ2) is 7.22. The number of nitrogens with one attached hydrogen (secondary N) is 1. The highest BCUT2D eigenvalue weighted by molar-refractivity contribution is 7.84. The average molecular weight is 278 g/mol. The van der Waals surface area contributed by atoms with E-state index in [0.717, 1.165) is 17.2 Å². The SMILES string of the molecule is CCCS(=O)CCOCn1cc(F)c(=O)[nH]c1=O. The number of H-pyrrole nitrogens is 1. The molecule has 0 aliphatic heterocycles. The summed E-state index contributed by atoms with van der Waals surface area (Å²) in [5.74, 6) is -0.0712. The number of hydrogen-bond acceptors (Lipinski definition) is 4. The van der Waals surface area contributed by atoms with E-state index in [9.17, 15) is 18.2 Å². The molecule has 1 aromatic rings. The Balaban J connectivity index is 2.45. The zero-order chi connectivity index (χ0) is 13.5. The standard InChI is InChI=1S/C10H15FN2O4S/c1-2-4-18(16)5-3-17-7-13-6-8(11)9(14)12-10(13)15/h6H,2-5,7H2,1H3,(H,12,14,15). The normalized spacial score (nSPS) is 12.6. The lowest BCUT2D eigenvalue weighted by Crippen LogP contribution is -2.32. The number of ether oxygens (including phenoxy) is 1. The summed E-state index contributed by atoms with van der Waals surface area (Å²) in [4.78, 5) is 23.8. The molecular formula is C10H15FN2O4S. The molecule has 0 radical (unpaired) electrons. The maximum atomic E-state index is 12.9. The van der Waals surface area contributed by atoms with Gasteiger partial charge in [-0.05, 0) is 6.42 Å². The molecule has 18 heavy (non-hydrogen) atoms. The fraction of sp³-hybridized carbons (Fsp3) is 0.600. The van der Waals surface area contributed by atoms with Crippen LogP contribution < -0.4 is 11.2 Å². The number of aromatic amines is 1. The van der Waals surface area contributed by atoms with Gasteiger partial charge in [0.05, 0.1) is 12.8 Å². The van der Waals surface area contributed by atoms with Gasteiger partial charge in [-0.15, -0.1) is 0 Å². The predicted molar refractivity (Wildman–Crippen MR) is 65.4 cm³/mol. The Labute approximate surface area is 105 Å². The fourth-order valence-corrected chi connectivity index (χ4v) is 2.19. The minimum Gasteiger partial charge on any atom is -0.360 e. The maximum absolute atomic E-state index is 12.9. The average Bonchev–Trinajstić information content (AvgIpc) is 2.31. The van der Waals surface area contributed by atoms with Gasteiger partial charge in [0.25, 0.3) is 5.56 Å².